The van der Waals surface area contributed by atoms with Crippen LogP contribution in [0.2, 0.25) is 0 Å². The predicted octanol–water partition coefficient (Wildman–Crippen LogP) is 3.71. The number of alkyl halides is 2. The second kappa shape index (κ2) is 5.99. The van der Waals surface area contributed by atoms with Crippen LogP contribution in [0.3, 0.4) is 0 Å². The van der Waals surface area contributed by atoms with Gasteiger partial charge in [0.2, 0.25) is 0 Å². The van der Waals surface area contributed by atoms with Gasteiger partial charge in [0.05, 0.1) is 18.4 Å². The third-order valence-corrected chi connectivity index (χ3v) is 3.22. The molecule has 0 radical (unpaired) electrons. The van der Waals surface area contributed by atoms with E-state index in [1.54, 1.807) is 37.3 Å². The van der Waals surface area contributed by atoms with Crippen molar-refractivity contribution in [1.82, 2.24) is 0 Å². The first-order chi connectivity index (χ1) is 9.57. The van der Waals surface area contributed by atoms with Crippen LogP contribution in [-0.2, 0) is 9.53 Å². The van der Waals surface area contributed by atoms with Crippen molar-refractivity contribution in [2.24, 2.45) is 5.92 Å². The zero-order valence-corrected chi connectivity index (χ0v) is 11.1. The normalized spacial score (nSPS) is 24.1. The fourth-order valence-corrected chi connectivity index (χ4v) is 2.19. The van der Waals surface area contributed by atoms with E-state index in [1.165, 1.54) is 24.3 Å². The maximum atomic E-state index is 13.7. The molecule has 1 aromatic carbocycles. The lowest BCUT2D eigenvalue weighted by Gasteiger charge is -1.96. The smallest absolute Gasteiger partial charge is 0.330 e. The predicted molar refractivity (Wildman–Crippen MR) is 72.5 cm³/mol. The Morgan fingerprint density at radius 3 is 2.65 bits per heavy atom. The minimum atomic E-state index is -2.71. The van der Waals surface area contributed by atoms with Crippen molar-refractivity contribution in [2.45, 2.75) is 18.8 Å². The molecule has 0 heterocycles. The second-order valence-electron chi connectivity index (χ2n) is 4.58. The van der Waals surface area contributed by atoms with Crippen molar-refractivity contribution in [2.75, 3.05) is 6.61 Å². The average molecular weight is 278 g/mol. The van der Waals surface area contributed by atoms with Crippen LogP contribution in [0.1, 0.15) is 18.4 Å². The summed E-state index contributed by atoms with van der Waals surface area (Å²) in [5.74, 6) is -4.76. The standard InChI is InChI=1S/C16H16F2O2/c1-2-20-14(19)11-7-6-10-13-15(16(13,17)18)12-8-4-3-5-9-12/h3-11,13,15H,2H2,1H3/b10-6+,11-7+/t13-,15-/m1/s1. The molecule has 1 aliphatic rings. The first-order valence-corrected chi connectivity index (χ1v) is 6.51. The van der Waals surface area contributed by atoms with Gasteiger partial charge in [-0.1, -0.05) is 48.6 Å². The Bertz CT molecular complexity index is 521. The third kappa shape index (κ3) is 3.13. The number of carbonyl (C=O) groups excluding carboxylic acids is 1. The van der Waals surface area contributed by atoms with E-state index in [0.717, 1.165) is 0 Å². The van der Waals surface area contributed by atoms with Crippen LogP contribution in [0.5, 0.6) is 0 Å². The number of ether oxygens (including phenoxy) is 1. The molecule has 0 N–H and O–H groups in total. The molecule has 2 rings (SSSR count). The van der Waals surface area contributed by atoms with E-state index in [9.17, 15) is 13.6 Å². The molecule has 1 aromatic rings. The van der Waals surface area contributed by atoms with Gasteiger partial charge in [-0.05, 0) is 12.5 Å². The molecule has 2 atom stereocenters. The maximum absolute atomic E-state index is 13.7. The molecule has 0 amide bonds. The number of rotatable bonds is 5. The van der Waals surface area contributed by atoms with Crippen LogP contribution >= 0.6 is 0 Å². The summed E-state index contributed by atoms with van der Waals surface area (Å²) < 4.78 is 32.1. The number of carbonyl (C=O) groups is 1. The van der Waals surface area contributed by atoms with Gasteiger partial charge in [0.15, 0.2) is 0 Å². The highest BCUT2D eigenvalue weighted by atomic mass is 19.3. The molecule has 0 aliphatic heterocycles. The molecule has 0 unspecified atom stereocenters. The van der Waals surface area contributed by atoms with Crippen molar-refractivity contribution >= 4 is 5.97 Å². The number of hydrogen-bond acceptors (Lipinski definition) is 2. The van der Waals surface area contributed by atoms with Crippen molar-refractivity contribution in [3.63, 3.8) is 0 Å². The van der Waals surface area contributed by atoms with Gasteiger partial charge in [0, 0.05) is 6.08 Å². The molecule has 1 fully saturated rings. The summed E-state index contributed by atoms with van der Waals surface area (Å²) in [6, 6.07) is 8.73. The van der Waals surface area contributed by atoms with Gasteiger partial charge in [-0.25, -0.2) is 13.6 Å². The quantitative estimate of drug-likeness (QED) is 0.466. The van der Waals surface area contributed by atoms with Gasteiger partial charge in [0.1, 0.15) is 0 Å². The van der Waals surface area contributed by atoms with Gasteiger partial charge in [-0.15, -0.1) is 0 Å². The molecule has 0 spiro atoms. The molecular formula is C16H16F2O2. The first kappa shape index (κ1) is 14.4. The van der Waals surface area contributed by atoms with E-state index in [0.29, 0.717) is 12.2 Å². The number of allylic oxidation sites excluding steroid dienone is 3. The highest BCUT2D eigenvalue weighted by molar-refractivity contribution is 5.82. The van der Waals surface area contributed by atoms with Crippen molar-refractivity contribution in [3.05, 3.63) is 60.2 Å². The lowest BCUT2D eigenvalue weighted by Crippen LogP contribution is -1.98. The van der Waals surface area contributed by atoms with E-state index in [2.05, 4.69) is 4.74 Å². The van der Waals surface area contributed by atoms with Crippen molar-refractivity contribution in [3.8, 4) is 0 Å². The van der Waals surface area contributed by atoms with Crippen LogP contribution < -0.4 is 0 Å². The van der Waals surface area contributed by atoms with Crippen molar-refractivity contribution in [1.29, 1.82) is 0 Å². The Hall–Kier alpha value is -1.97. The molecule has 0 aromatic heterocycles. The maximum Gasteiger partial charge on any atom is 0.330 e. The van der Waals surface area contributed by atoms with Crippen LogP contribution in [0.4, 0.5) is 8.78 Å². The van der Waals surface area contributed by atoms with Gasteiger partial charge in [0.25, 0.3) is 5.92 Å². The molecule has 4 heteroatoms. The second-order valence-corrected chi connectivity index (χ2v) is 4.58. The number of halogens is 2. The highest BCUT2D eigenvalue weighted by Crippen LogP contribution is 2.62. The minimum absolute atomic E-state index is 0.295. The van der Waals surface area contributed by atoms with Crippen LogP contribution in [-0.4, -0.2) is 18.5 Å². The van der Waals surface area contributed by atoms with Gasteiger partial charge in [-0.3, -0.25) is 0 Å². The van der Waals surface area contributed by atoms with E-state index < -0.39 is 23.7 Å². The van der Waals surface area contributed by atoms with E-state index in [4.69, 9.17) is 0 Å². The number of hydrogen-bond donors (Lipinski definition) is 0. The molecule has 1 aliphatic carbocycles. The minimum Gasteiger partial charge on any atom is -0.463 e. The van der Waals surface area contributed by atoms with E-state index in [-0.39, 0.29) is 0 Å². The summed E-state index contributed by atoms with van der Waals surface area (Å²) >= 11 is 0. The topological polar surface area (TPSA) is 26.3 Å². The van der Waals surface area contributed by atoms with Gasteiger partial charge >= 0.3 is 5.97 Å². The fraction of sp³-hybridized carbons (Fsp3) is 0.312. The summed E-state index contributed by atoms with van der Waals surface area (Å²) in [4.78, 5) is 11.0. The zero-order chi connectivity index (χ0) is 14.6. The molecular weight excluding hydrogens is 262 g/mol. The van der Waals surface area contributed by atoms with Gasteiger partial charge in [-0.2, -0.15) is 0 Å². The van der Waals surface area contributed by atoms with Crippen LogP contribution in [0.25, 0.3) is 0 Å². The fourth-order valence-electron chi connectivity index (χ4n) is 2.19. The Morgan fingerprint density at radius 2 is 2.00 bits per heavy atom. The molecule has 106 valence electrons. The molecule has 0 bridgehead atoms. The summed E-state index contributed by atoms with van der Waals surface area (Å²) in [6.45, 7) is 2.00. The van der Waals surface area contributed by atoms with Crippen molar-refractivity contribution < 1.29 is 18.3 Å². The lowest BCUT2D eigenvalue weighted by atomic mass is 10.1. The summed E-state index contributed by atoms with van der Waals surface area (Å²) in [5.41, 5.74) is 0.640. The SMILES string of the molecule is CCOC(=O)/C=C/C=C/[C@@H]1[C@@H](c2ccccc2)C1(F)F. The Kier molecular flexibility index (Phi) is 4.32. The zero-order valence-electron chi connectivity index (χ0n) is 11.1. The molecule has 20 heavy (non-hydrogen) atoms. The Labute approximate surface area is 116 Å². The largest absolute Gasteiger partial charge is 0.463 e. The highest BCUT2D eigenvalue weighted by Gasteiger charge is 2.67. The first-order valence-electron chi connectivity index (χ1n) is 6.51. The lowest BCUT2D eigenvalue weighted by molar-refractivity contribution is -0.137. The number of esters is 1. The van der Waals surface area contributed by atoms with Crippen LogP contribution in [0, 0.1) is 5.92 Å². The molecule has 0 saturated heterocycles. The van der Waals surface area contributed by atoms with E-state index >= 15 is 0 Å². The molecule has 2 nitrogen and oxygen atoms in total. The summed E-state index contributed by atoms with van der Waals surface area (Å²) in [7, 11) is 0. The van der Waals surface area contributed by atoms with Gasteiger partial charge < -0.3 is 4.74 Å². The summed E-state index contributed by atoms with van der Waals surface area (Å²) in [5, 5.41) is 0. The third-order valence-electron chi connectivity index (χ3n) is 3.22. The van der Waals surface area contributed by atoms with E-state index in [1.807, 2.05) is 0 Å². The van der Waals surface area contributed by atoms with Crippen LogP contribution in [0.15, 0.2) is 54.6 Å². The monoisotopic (exact) mass is 278 g/mol. The Morgan fingerprint density at radius 1 is 1.30 bits per heavy atom. The molecule has 1 saturated carbocycles. The summed E-state index contributed by atoms with van der Waals surface area (Å²) in [6.07, 6.45) is 5.55. The Balaban J connectivity index is 1.96. The number of benzene rings is 1. The average Bonchev–Trinajstić information content (AvgIpc) is 2.97.